The molecule has 10 nitrogen and oxygen atoms in total. The minimum Gasteiger partial charge on any atom is -0.495 e. The Hall–Kier alpha value is -3.31. The number of pyridine rings is 1. The summed E-state index contributed by atoms with van der Waals surface area (Å²) >= 11 is 0. The van der Waals surface area contributed by atoms with Gasteiger partial charge in [-0.15, -0.1) is 0 Å². The normalized spacial score (nSPS) is 15.1. The van der Waals surface area contributed by atoms with Gasteiger partial charge in [0.2, 0.25) is 15.8 Å². The molecule has 4 rings (SSSR count). The van der Waals surface area contributed by atoms with Crippen LogP contribution in [0.4, 0.5) is 0 Å². The Kier molecular flexibility index (Phi) is 6.99. The van der Waals surface area contributed by atoms with Gasteiger partial charge in [-0.25, -0.2) is 13.2 Å². The minimum atomic E-state index is -3.82. The molecule has 1 aliphatic rings. The van der Waals surface area contributed by atoms with Crippen molar-refractivity contribution >= 4 is 16.0 Å². The van der Waals surface area contributed by atoms with Crippen molar-refractivity contribution in [3.05, 3.63) is 54.2 Å². The Balaban J connectivity index is 1.50. The first-order valence-electron chi connectivity index (χ1n) is 10.6. The van der Waals surface area contributed by atoms with Gasteiger partial charge in [-0.1, -0.05) is 18.0 Å². The quantitative estimate of drug-likeness (QED) is 0.477. The van der Waals surface area contributed by atoms with Gasteiger partial charge in [-0.05, 0) is 43.2 Å². The fourth-order valence-corrected chi connectivity index (χ4v) is 5.26. The number of methoxy groups -OCH3 is 1. The zero-order valence-electron chi connectivity index (χ0n) is 18.1. The van der Waals surface area contributed by atoms with Crippen molar-refractivity contribution in [2.24, 2.45) is 0 Å². The van der Waals surface area contributed by atoms with Crippen LogP contribution < -0.4 is 4.74 Å². The predicted octanol–water partition coefficient (Wildman–Crippen LogP) is 3.06. The number of aromatic nitrogens is 3. The molecule has 0 spiro atoms. The van der Waals surface area contributed by atoms with Crippen LogP contribution in [0, 0.1) is 0 Å². The molecule has 0 aliphatic carbocycles. The maximum atomic E-state index is 13.3. The highest BCUT2D eigenvalue weighted by atomic mass is 32.2. The fraction of sp³-hybridized carbons (Fsp3) is 0.364. The van der Waals surface area contributed by atoms with E-state index in [4.69, 9.17) is 14.0 Å². The summed E-state index contributed by atoms with van der Waals surface area (Å²) in [6.45, 7) is 0.625. The molecular weight excluding hydrogens is 448 g/mol. The second kappa shape index (κ2) is 10.1. The van der Waals surface area contributed by atoms with Crippen molar-refractivity contribution in [3.8, 4) is 17.1 Å². The fourth-order valence-electron chi connectivity index (χ4n) is 3.56. The van der Waals surface area contributed by atoms with Crippen molar-refractivity contribution < 1.29 is 27.2 Å². The second-order valence-electron chi connectivity index (χ2n) is 7.51. The third kappa shape index (κ3) is 5.20. The molecule has 3 aromatic rings. The summed E-state index contributed by atoms with van der Waals surface area (Å²) in [4.78, 5) is 20.8. The molecule has 11 heteroatoms. The molecule has 1 aliphatic heterocycles. The standard InChI is InChI=1S/C22H24N4O6S/c1-30-18-9-8-16(13-19(18)33(28,29)26-11-4-2-3-5-12-26)22(27)31-15-20-24-21(25-32-20)17-7-6-10-23-14-17/h6-10,13-14H,2-5,11-12,15H2,1H3. The molecule has 0 atom stereocenters. The molecule has 2 aromatic heterocycles. The molecule has 0 saturated carbocycles. The molecular formula is C22H24N4O6S. The number of sulfonamides is 1. The summed E-state index contributed by atoms with van der Waals surface area (Å²) in [6, 6.07) is 7.71. The molecule has 1 saturated heterocycles. The van der Waals surface area contributed by atoms with Crippen LogP contribution in [-0.2, 0) is 21.4 Å². The van der Waals surface area contributed by atoms with Crippen LogP contribution >= 0.6 is 0 Å². The Morgan fingerprint density at radius 1 is 1.15 bits per heavy atom. The number of carbonyl (C=O) groups excluding carboxylic acids is 1. The van der Waals surface area contributed by atoms with Gasteiger partial charge in [0, 0.05) is 31.0 Å². The van der Waals surface area contributed by atoms with Crippen LogP contribution in [0.3, 0.4) is 0 Å². The van der Waals surface area contributed by atoms with E-state index in [1.54, 1.807) is 24.5 Å². The van der Waals surface area contributed by atoms with Crippen LogP contribution in [0.25, 0.3) is 11.4 Å². The smallest absolute Gasteiger partial charge is 0.338 e. The van der Waals surface area contributed by atoms with Crippen molar-refractivity contribution in [1.82, 2.24) is 19.4 Å². The third-order valence-corrected chi connectivity index (χ3v) is 7.22. The minimum absolute atomic E-state index is 0.0574. The van der Waals surface area contributed by atoms with Crippen LogP contribution in [0.15, 0.2) is 52.1 Å². The molecule has 1 aromatic carbocycles. The molecule has 0 bridgehead atoms. The lowest BCUT2D eigenvalue weighted by atomic mass is 10.2. The first kappa shape index (κ1) is 22.9. The van der Waals surface area contributed by atoms with Crippen molar-refractivity contribution in [1.29, 1.82) is 0 Å². The summed E-state index contributed by atoms with van der Waals surface area (Å²) < 4.78 is 43.6. The highest BCUT2D eigenvalue weighted by Gasteiger charge is 2.29. The van der Waals surface area contributed by atoms with Crippen LogP contribution in [-0.4, -0.2) is 54.0 Å². The van der Waals surface area contributed by atoms with E-state index in [9.17, 15) is 13.2 Å². The van der Waals surface area contributed by atoms with Gasteiger partial charge in [-0.2, -0.15) is 9.29 Å². The van der Waals surface area contributed by atoms with E-state index < -0.39 is 16.0 Å². The molecule has 0 amide bonds. The van der Waals surface area contributed by atoms with Crippen LogP contribution in [0.2, 0.25) is 0 Å². The van der Waals surface area contributed by atoms with Gasteiger partial charge in [0.05, 0.1) is 12.7 Å². The van der Waals surface area contributed by atoms with E-state index in [0.29, 0.717) is 24.5 Å². The van der Waals surface area contributed by atoms with Gasteiger partial charge in [-0.3, -0.25) is 4.98 Å². The molecule has 0 radical (unpaired) electrons. The number of carbonyl (C=O) groups is 1. The summed E-state index contributed by atoms with van der Waals surface area (Å²) in [5, 5.41) is 3.85. The van der Waals surface area contributed by atoms with E-state index in [1.807, 2.05) is 0 Å². The monoisotopic (exact) mass is 472 g/mol. The zero-order valence-corrected chi connectivity index (χ0v) is 19.0. The number of esters is 1. The Labute approximate surface area is 191 Å². The average molecular weight is 473 g/mol. The largest absolute Gasteiger partial charge is 0.495 e. The highest BCUT2D eigenvalue weighted by molar-refractivity contribution is 7.89. The maximum absolute atomic E-state index is 13.3. The summed E-state index contributed by atoms with van der Waals surface area (Å²) in [7, 11) is -2.43. The number of benzene rings is 1. The van der Waals surface area contributed by atoms with Crippen molar-refractivity contribution in [3.63, 3.8) is 0 Å². The number of hydrogen-bond acceptors (Lipinski definition) is 9. The molecule has 174 valence electrons. The molecule has 3 heterocycles. The van der Waals surface area contributed by atoms with Crippen LogP contribution in [0.1, 0.15) is 41.9 Å². The number of nitrogens with zero attached hydrogens (tertiary/aromatic N) is 4. The van der Waals surface area contributed by atoms with Gasteiger partial charge < -0.3 is 14.0 Å². The average Bonchev–Trinajstić information content (AvgIpc) is 3.14. The topological polar surface area (TPSA) is 125 Å². The third-order valence-electron chi connectivity index (χ3n) is 5.30. The summed E-state index contributed by atoms with van der Waals surface area (Å²) in [5.74, 6) is -0.113. The first-order chi connectivity index (χ1) is 16.0. The number of rotatable bonds is 7. The van der Waals surface area contributed by atoms with Crippen molar-refractivity contribution in [2.45, 2.75) is 37.2 Å². The van der Waals surface area contributed by atoms with E-state index in [-0.39, 0.29) is 28.7 Å². The molecule has 0 unspecified atom stereocenters. The lowest BCUT2D eigenvalue weighted by Gasteiger charge is -2.21. The number of hydrogen-bond donors (Lipinski definition) is 0. The summed E-state index contributed by atoms with van der Waals surface area (Å²) in [6.07, 6.45) is 6.80. The molecule has 1 fully saturated rings. The Bertz CT molecular complexity index is 1200. The van der Waals surface area contributed by atoms with Gasteiger partial charge in [0.25, 0.3) is 5.89 Å². The van der Waals surface area contributed by atoms with Gasteiger partial charge in [0.1, 0.15) is 10.6 Å². The van der Waals surface area contributed by atoms with E-state index >= 15 is 0 Å². The zero-order chi connectivity index (χ0) is 23.3. The first-order valence-corrected chi connectivity index (χ1v) is 12.0. The van der Waals surface area contributed by atoms with Crippen molar-refractivity contribution in [2.75, 3.05) is 20.2 Å². The van der Waals surface area contributed by atoms with Gasteiger partial charge in [0.15, 0.2) is 6.61 Å². The van der Waals surface area contributed by atoms with E-state index in [1.165, 1.54) is 29.6 Å². The maximum Gasteiger partial charge on any atom is 0.338 e. The Morgan fingerprint density at radius 2 is 1.94 bits per heavy atom. The predicted molar refractivity (Wildman–Crippen MR) is 117 cm³/mol. The molecule has 0 N–H and O–H groups in total. The highest BCUT2D eigenvalue weighted by Crippen LogP contribution is 2.29. The van der Waals surface area contributed by atoms with Gasteiger partial charge >= 0.3 is 5.97 Å². The number of ether oxygens (including phenoxy) is 2. The summed E-state index contributed by atoms with van der Waals surface area (Å²) in [5.41, 5.74) is 0.744. The van der Waals surface area contributed by atoms with E-state index in [2.05, 4.69) is 15.1 Å². The van der Waals surface area contributed by atoms with Crippen LogP contribution in [0.5, 0.6) is 5.75 Å². The molecule has 33 heavy (non-hydrogen) atoms. The SMILES string of the molecule is COc1ccc(C(=O)OCc2nc(-c3cccnc3)no2)cc1S(=O)(=O)N1CCCCCC1. The second-order valence-corrected chi connectivity index (χ2v) is 9.42. The van der Waals surface area contributed by atoms with E-state index in [0.717, 1.165) is 25.7 Å². The Morgan fingerprint density at radius 3 is 2.64 bits per heavy atom. The lowest BCUT2D eigenvalue weighted by molar-refractivity contribution is 0.0429. The lowest BCUT2D eigenvalue weighted by Crippen LogP contribution is -2.32.